The van der Waals surface area contributed by atoms with Gasteiger partial charge in [0.15, 0.2) is 0 Å². The predicted octanol–water partition coefficient (Wildman–Crippen LogP) is 1.05. The molecule has 8 heteroatoms. The third kappa shape index (κ3) is 5.13. The number of anilines is 1. The van der Waals surface area contributed by atoms with E-state index in [0.717, 1.165) is 24.8 Å². The molecule has 1 aromatic heterocycles. The van der Waals surface area contributed by atoms with E-state index >= 15 is 0 Å². The molecular weight excluding hydrogens is 332 g/mol. The van der Waals surface area contributed by atoms with Crippen LogP contribution in [-0.2, 0) is 22.7 Å². The molecule has 1 saturated carbocycles. The van der Waals surface area contributed by atoms with Crippen LogP contribution in [0.1, 0.15) is 31.2 Å². The number of hydrogen-bond donors (Lipinski definition) is 3. The molecule has 1 aliphatic rings. The molecule has 1 aliphatic carbocycles. The van der Waals surface area contributed by atoms with E-state index in [1.807, 2.05) is 30.3 Å². The number of nitrogens with one attached hydrogen (secondary N) is 2. The molecule has 0 radical (unpaired) electrons. The highest BCUT2D eigenvalue weighted by Gasteiger charge is 2.26. The van der Waals surface area contributed by atoms with E-state index in [2.05, 4.69) is 20.7 Å². The van der Waals surface area contributed by atoms with Crippen molar-refractivity contribution in [3.05, 3.63) is 42.2 Å². The Morgan fingerprint density at radius 2 is 2.04 bits per heavy atom. The van der Waals surface area contributed by atoms with Gasteiger partial charge in [-0.1, -0.05) is 36.8 Å². The Morgan fingerprint density at radius 3 is 2.81 bits per heavy atom. The number of amides is 2. The molecule has 0 aliphatic heterocycles. The SMILES string of the molecule is NC1CCCC(C(=O)Nc2ncn(CC(=O)NCc3ccccc3)n2)C1. The molecule has 1 fully saturated rings. The predicted molar refractivity (Wildman–Crippen MR) is 96.9 cm³/mol. The van der Waals surface area contributed by atoms with Gasteiger partial charge >= 0.3 is 0 Å². The summed E-state index contributed by atoms with van der Waals surface area (Å²) in [5, 5.41) is 9.68. The minimum atomic E-state index is -0.171. The summed E-state index contributed by atoms with van der Waals surface area (Å²) in [5.74, 6) is -0.161. The van der Waals surface area contributed by atoms with Crippen LogP contribution in [0.2, 0.25) is 0 Å². The van der Waals surface area contributed by atoms with Gasteiger partial charge in [0.1, 0.15) is 12.9 Å². The largest absolute Gasteiger partial charge is 0.350 e. The van der Waals surface area contributed by atoms with Crippen LogP contribution in [-0.4, -0.2) is 32.6 Å². The summed E-state index contributed by atoms with van der Waals surface area (Å²) in [5.41, 5.74) is 6.95. The van der Waals surface area contributed by atoms with Crippen molar-refractivity contribution in [3.63, 3.8) is 0 Å². The van der Waals surface area contributed by atoms with Crippen molar-refractivity contribution in [2.45, 2.75) is 44.8 Å². The molecule has 1 aromatic carbocycles. The van der Waals surface area contributed by atoms with Gasteiger partial charge in [-0.15, -0.1) is 5.10 Å². The minimum absolute atomic E-state index is 0.0456. The van der Waals surface area contributed by atoms with Crippen LogP contribution >= 0.6 is 0 Å². The fraction of sp³-hybridized carbons (Fsp3) is 0.444. The molecule has 4 N–H and O–H groups in total. The molecule has 0 saturated heterocycles. The van der Waals surface area contributed by atoms with E-state index < -0.39 is 0 Å². The molecule has 138 valence electrons. The standard InChI is InChI=1S/C18H24N6O2/c19-15-8-4-7-14(9-15)17(26)22-18-21-12-24(23-18)11-16(25)20-10-13-5-2-1-3-6-13/h1-3,5-6,12,14-15H,4,7-11,19H2,(H,20,25)(H,22,23,26). The highest BCUT2D eigenvalue weighted by Crippen LogP contribution is 2.23. The van der Waals surface area contributed by atoms with Gasteiger partial charge in [-0.2, -0.15) is 0 Å². The molecule has 3 rings (SSSR count). The van der Waals surface area contributed by atoms with Crippen LogP contribution in [0.15, 0.2) is 36.7 Å². The fourth-order valence-electron chi connectivity index (χ4n) is 3.11. The number of hydrogen-bond acceptors (Lipinski definition) is 5. The van der Waals surface area contributed by atoms with Crippen LogP contribution in [0.5, 0.6) is 0 Å². The third-order valence-corrected chi connectivity index (χ3v) is 4.50. The number of aromatic nitrogens is 3. The van der Waals surface area contributed by atoms with Crippen LogP contribution in [0.25, 0.3) is 0 Å². The van der Waals surface area contributed by atoms with Crippen LogP contribution in [0.4, 0.5) is 5.95 Å². The first-order valence-electron chi connectivity index (χ1n) is 8.86. The lowest BCUT2D eigenvalue weighted by Crippen LogP contribution is -2.34. The van der Waals surface area contributed by atoms with Gasteiger partial charge in [0.05, 0.1) is 0 Å². The van der Waals surface area contributed by atoms with Gasteiger partial charge < -0.3 is 11.1 Å². The van der Waals surface area contributed by atoms with Crippen molar-refractivity contribution >= 4 is 17.8 Å². The summed E-state index contributed by atoms with van der Waals surface area (Å²) in [6, 6.07) is 9.75. The maximum atomic E-state index is 12.3. The van der Waals surface area contributed by atoms with Gasteiger partial charge in [-0.25, -0.2) is 9.67 Å². The van der Waals surface area contributed by atoms with Crippen LogP contribution in [0, 0.1) is 5.92 Å². The molecule has 26 heavy (non-hydrogen) atoms. The molecule has 0 bridgehead atoms. The van der Waals surface area contributed by atoms with Crippen molar-refractivity contribution < 1.29 is 9.59 Å². The third-order valence-electron chi connectivity index (χ3n) is 4.50. The van der Waals surface area contributed by atoms with E-state index in [-0.39, 0.29) is 36.3 Å². The lowest BCUT2D eigenvalue weighted by molar-refractivity contribution is -0.122. The van der Waals surface area contributed by atoms with Crippen molar-refractivity contribution in [3.8, 4) is 0 Å². The molecular formula is C18H24N6O2. The highest BCUT2D eigenvalue weighted by molar-refractivity contribution is 5.91. The van der Waals surface area contributed by atoms with Crippen LogP contribution in [0.3, 0.4) is 0 Å². The second kappa shape index (κ2) is 8.57. The zero-order valence-corrected chi connectivity index (χ0v) is 14.6. The monoisotopic (exact) mass is 356 g/mol. The first kappa shape index (κ1) is 18.1. The summed E-state index contributed by atoms with van der Waals surface area (Å²) in [6.45, 7) is 0.504. The zero-order valence-electron chi connectivity index (χ0n) is 14.6. The Labute approximate surface area is 152 Å². The minimum Gasteiger partial charge on any atom is -0.350 e. The Hall–Kier alpha value is -2.74. The number of carbonyl (C=O) groups excluding carboxylic acids is 2. The first-order chi connectivity index (χ1) is 12.6. The summed E-state index contributed by atoms with van der Waals surface area (Å²) in [7, 11) is 0. The quantitative estimate of drug-likeness (QED) is 0.716. The molecule has 1 heterocycles. The molecule has 8 nitrogen and oxygen atoms in total. The van der Waals surface area contributed by atoms with Gasteiger partial charge in [-0.05, 0) is 24.8 Å². The van der Waals surface area contributed by atoms with Crippen LogP contribution < -0.4 is 16.4 Å². The molecule has 2 amide bonds. The topological polar surface area (TPSA) is 115 Å². The lowest BCUT2D eigenvalue weighted by Gasteiger charge is -2.25. The van der Waals surface area contributed by atoms with E-state index in [1.165, 1.54) is 11.0 Å². The Morgan fingerprint density at radius 1 is 1.23 bits per heavy atom. The lowest BCUT2D eigenvalue weighted by atomic mass is 9.85. The van der Waals surface area contributed by atoms with Gasteiger partial charge in [0.2, 0.25) is 17.8 Å². The van der Waals surface area contributed by atoms with Gasteiger partial charge in [-0.3, -0.25) is 14.9 Å². The number of benzene rings is 1. The van der Waals surface area contributed by atoms with E-state index in [9.17, 15) is 9.59 Å². The summed E-state index contributed by atoms with van der Waals surface area (Å²) in [6.07, 6.45) is 4.89. The summed E-state index contributed by atoms with van der Waals surface area (Å²) < 4.78 is 1.41. The number of nitrogens with zero attached hydrogens (tertiary/aromatic N) is 3. The normalized spacial score (nSPS) is 19.7. The molecule has 2 atom stereocenters. The van der Waals surface area contributed by atoms with Gasteiger partial charge in [0.25, 0.3) is 0 Å². The Balaban J connectivity index is 1.46. The van der Waals surface area contributed by atoms with Crippen molar-refractivity contribution in [2.24, 2.45) is 11.7 Å². The zero-order chi connectivity index (χ0) is 18.4. The number of carbonyl (C=O) groups is 2. The molecule has 2 aromatic rings. The maximum absolute atomic E-state index is 12.3. The van der Waals surface area contributed by atoms with Crippen molar-refractivity contribution in [1.82, 2.24) is 20.1 Å². The van der Waals surface area contributed by atoms with Gasteiger partial charge in [0, 0.05) is 18.5 Å². The summed E-state index contributed by atoms with van der Waals surface area (Å²) in [4.78, 5) is 28.3. The smallest absolute Gasteiger partial charge is 0.248 e. The second-order valence-corrected chi connectivity index (χ2v) is 6.64. The fourth-order valence-corrected chi connectivity index (χ4v) is 3.11. The molecule has 0 spiro atoms. The Kier molecular flexibility index (Phi) is 5.96. The average molecular weight is 356 g/mol. The number of rotatable bonds is 6. The van der Waals surface area contributed by atoms with Crippen molar-refractivity contribution in [2.75, 3.05) is 5.32 Å². The van der Waals surface area contributed by atoms with E-state index in [1.54, 1.807) is 0 Å². The van der Waals surface area contributed by atoms with E-state index in [0.29, 0.717) is 13.0 Å². The highest BCUT2D eigenvalue weighted by atomic mass is 16.2. The first-order valence-corrected chi connectivity index (χ1v) is 8.86. The van der Waals surface area contributed by atoms with Crippen molar-refractivity contribution in [1.29, 1.82) is 0 Å². The number of nitrogens with two attached hydrogens (primary N) is 1. The van der Waals surface area contributed by atoms with E-state index in [4.69, 9.17) is 5.73 Å². The molecule has 2 unspecified atom stereocenters. The second-order valence-electron chi connectivity index (χ2n) is 6.64. The Bertz CT molecular complexity index is 745. The maximum Gasteiger partial charge on any atom is 0.248 e. The summed E-state index contributed by atoms with van der Waals surface area (Å²) >= 11 is 0. The average Bonchev–Trinajstić information content (AvgIpc) is 3.07.